The molecule has 17 heteroatoms. The highest BCUT2D eigenvalue weighted by Crippen LogP contribution is 2.46. The summed E-state index contributed by atoms with van der Waals surface area (Å²) < 4.78 is 91.5. The first-order valence-electron chi connectivity index (χ1n) is 16.1. The zero-order valence-corrected chi connectivity index (χ0v) is 28.1. The van der Waals surface area contributed by atoms with Crippen molar-refractivity contribution in [3.63, 3.8) is 0 Å². The number of hydrogen-bond acceptors (Lipinski definition) is 8. The van der Waals surface area contributed by atoms with Crippen molar-refractivity contribution >= 4 is 29.3 Å². The molecule has 6 rings (SSSR count). The van der Waals surface area contributed by atoms with Gasteiger partial charge in [-0.05, 0) is 73.4 Å². The number of benzene rings is 2. The normalized spacial score (nSPS) is 19.7. The van der Waals surface area contributed by atoms with E-state index < -0.39 is 46.9 Å². The third-order valence-electron chi connectivity index (χ3n) is 9.67. The van der Waals surface area contributed by atoms with Gasteiger partial charge in [0, 0.05) is 37.0 Å². The molecule has 2 aromatic heterocycles. The van der Waals surface area contributed by atoms with Gasteiger partial charge < -0.3 is 25.8 Å². The Balaban J connectivity index is 1.31. The van der Waals surface area contributed by atoms with Crippen LogP contribution in [0.15, 0.2) is 54.7 Å². The average molecular weight is 738 g/mol. The van der Waals surface area contributed by atoms with Crippen LogP contribution < -0.4 is 20.7 Å². The number of nitrogens with two attached hydrogens (primary N) is 1. The van der Waals surface area contributed by atoms with Gasteiger partial charge in [-0.2, -0.15) is 41.4 Å². The molecule has 4 N–H and O–H groups in total. The number of halogens is 7. The van der Waals surface area contributed by atoms with Crippen molar-refractivity contribution in [2.45, 2.75) is 70.1 Å². The SMILES string of the molecule is CCC1NC(C(=O)O)CC12CCN(c1cc(O[C@H](c3ccc(-c4ccc(C(F)(F)F)c(Cl)c4)cc3-n3ccc(C)n3)C(F)(F)F)nc(N)n1)CC2. The van der Waals surface area contributed by atoms with Gasteiger partial charge in [-0.3, -0.25) is 4.79 Å². The Bertz CT molecular complexity index is 1930. The monoisotopic (exact) mass is 737 g/mol. The van der Waals surface area contributed by atoms with E-state index in [1.54, 1.807) is 13.0 Å². The first kappa shape index (κ1) is 36.2. The minimum Gasteiger partial charge on any atom is -0.480 e. The molecule has 2 saturated heterocycles. The molecule has 0 amide bonds. The molecule has 2 aromatic carbocycles. The maximum Gasteiger partial charge on any atom is 0.429 e. The number of carboxylic acids is 1. The minimum absolute atomic E-state index is 0.0121. The number of nitrogens with one attached hydrogen (secondary N) is 1. The lowest BCUT2D eigenvalue weighted by atomic mass is 9.71. The number of aliphatic carboxylic acids is 1. The fourth-order valence-corrected chi connectivity index (χ4v) is 7.46. The van der Waals surface area contributed by atoms with Gasteiger partial charge in [0.2, 0.25) is 17.9 Å². The Morgan fingerprint density at radius 3 is 2.35 bits per heavy atom. The van der Waals surface area contributed by atoms with Gasteiger partial charge in [0.15, 0.2) is 0 Å². The van der Waals surface area contributed by atoms with Crippen LogP contribution in [0.4, 0.5) is 38.1 Å². The van der Waals surface area contributed by atoms with Gasteiger partial charge in [0.05, 0.1) is 22.0 Å². The lowest BCUT2D eigenvalue weighted by Gasteiger charge is -2.43. The van der Waals surface area contributed by atoms with Crippen LogP contribution in [0.2, 0.25) is 5.02 Å². The zero-order chi connectivity index (χ0) is 36.9. The lowest BCUT2D eigenvalue weighted by molar-refractivity contribution is -0.198. The maximum absolute atomic E-state index is 14.9. The number of hydrogen-bond donors (Lipinski definition) is 3. The molecule has 0 aliphatic carbocycles. The lowest BCUT2D eigenvalue weighted by Crippen LogP contribution is -2.46. The summed E-state index contributed by atoms with van der Waals surface area (Å²) in [4.78, 5) is 21.8. The van der Waals surface area contributed by atoms with Gasteiger partial charge in [-0.15, -0.1) is 0 Å². The number of carboxylic acid groups (broad SMARTS) is 1. The van der Waals surface area contributed by atoms with E-state index >= 15 is 0 Å². The van der Waals surface area contributed by atoms with Crippen molar-refractivity contribution in [1.82, 2.24) is 25.1 Å². The number of alkyl halides is 6. The number of aromatic nitrogens is 4. The fraction of sp³-hybridized carbons (Fsp3) is 0.412. The first-order chi connectivity index (χ1) is 24.0. The molecule has 51 heavy (non-hydrogen) atoms. The second kappa shape index (κ2) is 13.5. The summed E-state index contributed by atoms with van der Waals surface area (Å²) in [5.41, 5.74) is 5.32. The standard InChI is InChI=1S/C34H34ClF6N7O3/c1-3-26-32(17-24(43-26)30(49)50)9-12-47(13-10-32)27-16-28(45-31(42)44-27)51-29(34(39,40)41)21-6-4-20(15-25(21)48-11-8-18(2)46-48)19-5-7-22(23(35)14-19)33(36,37)38/h4-8,11,14-16,24,26,29,43H,3,9-10,12-13,17H2,1-2H3,(H,49,50)(H2,42,44,45)/t24?,26?,29-/m1/s1. The highest BCUT2D eigenvalue weighted by molar-refractivity contribution is 6.31. The number of piperidine rings is 1. The summed E-state index contributed by atoms with van der Waals surface area (Å²) in [6, 6.07) is 9.19. The number of nitrogens with zero attached hydrogens (tertiary/aromatic N) is 5. The third kappa shape index (κ3) is 7.42. The molecule has 1 spiro atoms. The Morgan fingerprint density at radius 2 is 1.76 bits per heavy atom. The number of aryl methyl sites for hydroxylation is 1. The number of carbonyl (C=O) groups is 1. The summed E-state index contributed by atoms with van der Waals surface area (Å²) in [6.07, 6.45) is -8.28. The molecule has 0 radical (unpaired) electrons. The second-order valence-corrected chi connectivity index (χ2v) is 13.3. The number of nitrogen functional groups attached to an aromatic ring is 1. The molecular formula is C34H34ClF6N7O3. The molecule has 2 aliphatic rings. The Kier molecular flexibility index (Phi) is 9.61. The van der Waals surface area contributed by atoms with Crippen LogP contribution in [-0.2, 0) is 11.0 Å². The molecule has 4 heterocycles. The molecule has 4 aromatic rings. The van der Waals surface area contributed by atoms with Crippen LogP contribution in [0.5, 0.6) is 5.88 Å². The van der Waals surface area contributed by atoms with Crippen molar-refractivity contribution in [1.29, 1.82) is 0 Å². The highest BCUT2D eigenvalue weighted by Gasteiger charge is 2.50. The molecule has 272 valence electrons. The summed E-state index contributed by atoms with van der Waals surface area (Å²) in [7, 11) is 0. The van der Waals surface area contributed by atoms with E-state index in [0.717, 1.165) is 18.6 Å². The van der Waals surface area contributed by atoms with Gasteiger partial charge in [0.1, 0.15) is 11.9 Å². The molecule has 10 nitrogen and oxygen atoms in total. The molecule has 0 bridgehead atoms. The molecule has 2 aliphatic heterocycles. The predicted molar refractivity (Wildman–Crippen MR) is 177 cm³/mol. The Hall–Kier alpha value is -4.57. The predicted octanol–water partition coefficient (Wildman–Crippen LogP) is 7.39. The van der Waals surface area contributed by atoms with Crippen LogP contribution in [0, 0.1) is 12.3 Å². The van der Waals surface area contributed by atoms with E-state index in [9.17, 15) is 36.2 Å². The van der Waals surface area contributed by atoms with Gasteiger partial charge in [0.25, 0.3) is 0 Å². The quantitative estimate of drug-likeness (QED) is 0.159. The van der Waals surface area contributed by atoms with E-state index in [1.807, 2.05) is 11.8 Å². The van der Waals surface area contributed by atoms with Crippen LogP contribution in [0.25, 0.3) is 16.8 Å². The highest BCUT2D eigenvalue weighted by atomic mass is 35.5. The number of ether oxygens (including phenoxy) is 1. The Labute approximate surface area is 293 Å². The summed E-state index contributed by atoms with van der Waals surface area (Å²) >= 11 is 5.94. The van der Waals surface area contributed by atoms with Crippen molar-refractivity contribution < 1.29 is 41.0 Å². The number of rotatable bonds is 8. The minimum atomic E-state index is -4.97. The van der Waals surface area contributed by atoms with E-state index in [4.69, 9.17) is 22.1 Å². The van der Waals surface area contributed by atoms with Crippen LogP contribution in [-0.4, -0.2) is 62.2 Å². The van der Waals surface area contributed by atoms with Gasteiger partial charge >= 0.3 is 18.3 Å². The average Bonchev–Trinajstić information content (AvgIpc) is 3.65. The molecule has 0 saturated carbocycles. The Morgan fingerprint density at radius 1 is 1.08 bits per heavy atom. The van der Waals surface area contributed by atoms with Gasteiger partial charge in [-0.25, -0.2) is 4.68 Å². The summed E-state index contributed by atoms with van der Waals surface area (Å²) in [5, 5.41) is 16.5. The van der Waals surface area contributed by atoms with Crippen LogP contribution in [0.3, 0.4) is 0 Å². The third-order valence-corrected chi connectivity index (χ3v) is 9.99. The topological polar surface area (TPSA) is 131 Å². The second-order valence-electron chi connectivity index (χ2n) is 12.9. The van der Waals surface area contributed by atoms with Gasteiger partial charge in [-0.1, -0.05) is 36.7 Å². The summed E-state index contributed by atoms with van der Waals surface area (Å²) in [6.45, 7) is 4.57. The van der Waals surface area contributed by atoms with Crippen LogP contribution >= 0.6 is 11.6 Å². The van der Waals surface area contributed by atoms with E-state index in [-0.39, 0.29) is 45.6 Å². The summed E-state index contributed by atoms with van der Waals surface area (Å²) in [5.74, 6) is -1.37. The van der Waals surface area contributed by atoms with Crippen LogP contribution in [0.1, 0.15) is 55.5 Å². The fourth-order valence-electron chi connectivity index (χ4n) is 7.17. The van der Waals surface area contributed by atoms with Crippen molar-refractivity contribution in [3.8, 4) is 22.7 Å². The number of anilines is 2. The maximum atomic E-state index is 14.9. The van der Waals surface area contributed by atoms with Crippen molar-refractivity contribution in [2.24, 2.45) is 5.41 Å². The molecular weight excluding hydrogens is 704 g/mol. The molecule has 3 atom stereocenters. The van der Waals surface area contributed by atoms with E-state index in [2.05, 4.69) is 20.4 Å². The van der Waals surface area contributed by atoms with Crippen molar-refractivity contribution in [3.05, 3.63) is 76.6 Å². The first-order valence-corrected chi connectivity index (χ1v) is 16.5. The molecule has 2 fully saturated rings. The molecule has 2 unspecified atom stereocenters. The smallest absolute Gasteiger partial charge is 0.429 e. The largest absolute Gasteiger partial charge is 0.480 e. The zero-order valence-electron chi connectivity index (χ0n) is 27.4. The van der Waals surface area contributed by atoms with E-state index in [1.165, 1.54) is 41.2 Å². The van der Waals surface area contributed by atoms with E-state index in [0.29, 0.717) is 38.0 Å². The van der Waals surface area contributed by atoms with Crippen molar-refractivity contribution in [2.75, 3.05) is 23.7 Å².